The molecule has 1 saturated heterocycles. The lowest BCUT2D eigenvalue weighted by molar-refractivity contribution is -0.125. The molecule has 0 bridgehead atoms. The van der Waals surface area contributed by atoms with Crippen molar-refractivity contribution in [1.29, 1.82) is 0 Å². The molecule has 2 unspecified atom stereocenters. The number of rotatable bonds is 5. The highest BCUT2D eigenvalue weighted by atomic mass is 16.4. The van der Waals surface area contributed by atoms with Crippen molar-refractivity contribution in [2.45, 2.75) is 25.8 Å². The van der Waals surface area contributed by atoms with Gasteiger partial charge >= 0.3 is 5.97 Å². The summed E-state index contributed by atoms with van der Waals surface area (Å²) in [7, 11) is 0. The molecule has 1 aliphatic heterocycles. The lowest BCUT2D eigenvalue weighted by Crippen LogP contribution is -2.37. The zero-order valence-electron chi connectivity index (χ0n) is 11.6. The molecule has 20 heavy (non-hydrogen) atoms. The third-order valence-electron chi connectivity index (χ3n) is 3.78. The first-order chi connectivity index (χ1) is 9.58. The van der Waals surface area contributed by atoms with Crippen LogP contribution in [0.2, 0.25) is 0 Å². The Morgan fingerprint density at radius 1 is 1.35 bits per heavy atom. The Bertz CT molecular complexity index is 484. The predicted molar refractivity (Wildman–Crippen MR) is 75.7 cm³/mol. The molecule has 3 N–H and O–H groups in total. The van der Waals surface area contributed by atoms with Gasteiger partial charge in [0, 0.05) is 12.6 Å². The first kappa shape index (κ1) is 14.5. The van der Waals surface area contributed by atoms with Crippen LogP contribution in [-0.4, -0.2) is 36.1 Å². The Kier molecular flexibility index (Phi) is 4.74. The molecule has 108 valence electrons. The molecule has 1 amide bonds. The van der Waals surface area contributed by atoms with Crippen LogP contribution >= 0.6 is 0 Å². The Labute approximate surface area is 118 Å². The summed E-state index contributed by atoms with van der Waals surface area (Å²) in [5, 5.41) is 15.0. The molecule has 1 aromatic rings. The van der Waals surface area contributed by atoms with Crippen molar-refractivity contribution in [3.8, 4) is 0 Å². The molecular weight excluding hydrogens is 256 g/mol. The molecule has 1 heterocycles. The topological polar surface area (TPSA) is 78.4 Å². The van der Waals surface area contributed by atoms with E-state index in [1.165, 1.54) is 0 Å². The van der Waals surface area contributed by atoms with Crippen LogP contribution in [0.1, 0.15) is 29.3 Å². The molecule has 2 rings (SSSR count). The average molecular weight is 276 g/mol. The quantitative estimate of drug-likeness (QED) is 0.751. The molecule has 0 aromatic heterocycles. The summed E-state index contributed by atoms with van der Waals surface area (Å²) < 4.78 is 0. The molecule has 0 aliphatic carbocycles. The Balaban J connectivity index is 1.78. The van der Waals surface area contributed by atoms with E-state index in [9.17, 15) is 9.59 Å². The van der Waals surface area contributed by atoms with E-state index in [1.807, 2.05) is 6.92 Å². The largest absolute Gasteiger partial charge is 0.478 e. The van der Waals surface area contributed by atoms with E-state index in [0.717, 1.165) is 18.5 Å². The molecule has 0 spiro atoms. The highest BCUT2D eigenvalue weighted by Crippen LogP contribution is 2.14. The molecule has 2 atom stereocenters. The summed E-state index contributed by atoms with van der Waals surface area (Å²) >= 11 is 0. The summed E-state index contributed by atoms with van der Waals surface area (Å²) in [6, 6.07) is 6.99. The summed E-state index contributed by atoms with van der Waals surface area (Å²) in [6.07, 6.45) is 1.60. The van der Waals surface area contributed by atoms with E-state index in [4.69, 9.17) is 5.11 Å². The van der Waals surface area contributed by atoms with Crippen LogP contribution in [0.5, 0.6) is 0 Å². The lowest BCUT2D eigenvalue weighted by atomic mass is 10.0. The van der Waals surface area contributed by atoms with Crippen LogP contribution in [0, 0.1) is 5.92 Å². The minimum Gasteiger partial charge on any atom is -0.478 e. The van der Waals surface area contributed by atoms with Crippen molar-refractivity contribution >= 4 is 11.9 Å². The van der Waals surface area contributed by atoms with Crippen LogP contribution < -0.4 is 10.6 Å². The van der Waals surface area contributed by atoms with Gasteiger partial charge in [0.15, 0.2) is 0 Å². The number of hydrogen-bond acceptors (Lipinski definition) is 3. The number of carbonyl (C=O) groups is 2. The second-order valence-electron chi connectivity index (χ2n) is 5.18. The fourth-order valence-electron chi connectivity index (χ4n) is 2.49. The van der Waals surface area contributed by atoms with E-state index in [-0.39, 0.29) is 23.4 Å². The maximum Gasteiger partial charge on any atom is 0.335 e. The number of carbonyl (C=O) groups excluding carboxylic acids is 1. The van der Waals surface area contributed by atoms with Crippen molar-refractivity contribution in [3.05, 3.63) is 35.4 Å². The van der Waals surface area contributed by atoms with Crippen LogP contribution in [0.25, 0.3) is 0 Å². The van der Waals surface area contributed by atoms with Gasteiger partial charge in [0.05, 0.1) is 11.5 Å². The number of carboxylic acids is 1. The van der Waals surface area contributed by atoms with Crippen molar-refractivity contribution in [2.24, 2.45) is 5.92 Å². The third kappa shape index (κ3) is 3.57. The molecule has 0 radical (unpaired) electrons. The van der Waals surface area contributed by atoms with Gasteiger partial charge in [-0.1, -0.05) is 12.1 Å². The Morgan fingerprint density at radius 2 is 2.05 bits per heavy atom. The second kappa shape index (κ2) is 6.52. The minimum atomic E-state index is -0.924. The zero-order chi connectivity index (χ0) is 14.5. The van der Waals surface area contributed by atoms with Gasteiger partial charge in [-0.05, 0) is 44.0 Å². The highest BCUT2D eigenvalue weighted by Gasteiger charge is 2.28. The highest BCUT2D eigenvalue weighted by molar-refractivity contribution is 5.87. The van der Waals surface area contributed by atoms with Gasteiger partial charge in [0.25, 0.3) is 0 Å². The SMILES string of the molecule is CC1NCCC1C(=O)NCCc1ccc(C(=O)O)cc1. The number of amides is 1. The van der Waals surface area contributed by atoms with Crippen molar-refractivity contribution in [3.63, 3.8) is 0 Å². The third-order valence-corrected chi connectivity index (χ3v) is 3.78. The average Bonchev–Trinajstić information content (AvgIpc) is 2.85. The summed E-state index contributed by atoms with van der Waals surface area (Å²) in [6.45, 7) is 3.51. The zero-order valence-corrected chi connectivity index (χ0v) is 11.6. The normalized spacial score (nSPS) is 21.6. The van der Waals surface area contributed by atoms with Crippen LogP contribution in [-0.2, 0) is 11.2 Å². The maximum atomic E-state index is 12.0. The minimum absolute atomic E-state index is 0.0596. The maximum absolute atomic E-state index is 12.0. The molecular formula is C15H20N2O3. The first-order valence-electron chi connectivity index (χ1n) is 6.91. The first-order valence-corrected chi connectivity index (χ1v) is 6.91. The monoisotopic (exact) mass is 276 g/mol. The number of nitrogens with one attached hydrogen (secondary N) is 2. The van der Waals surface area contributed by atoms with Gasteiger partial charge in [-0.15, -0.1) is 0 Å². The van der Waals surface area contributed by atoms with Crippen molar-refractivity contribution in [1.82, 2.24) is 10.6 Å². The van der Waals surface area contributed by atoms with E-state index < -0.39 is 5.97 Å². The van der Waals surface area contributed by atoms with Crippen molar-refractivity contribution < 1.29 is 14.7 Å². The van der Waals surface area contributed by atoms with Gasteiger partial charge in [0.1, 0.15) is 0 Å². The molecule has 5 nitrogen and oxygen atoms in total. The fourth-order valence-corrected chi connectivity index (χ4v) is 2.49. The van der Waals surface area contributed by atoms with Gasteiger partial charge in [-0.25, -0.2) is 4.79 Å². The number of hydrogen-bond donors (Lipinski definition) is 3. The van der Waals surface area contributed by atoms with E-state index in [1.54, 1.807) is 24.3 Å². The summed E-state index contributed by atoms with van der Waals surface area (Å²) in [5.41, 5.74) is 1.30. The molecule has 1 aromatic carbocycles. The number of carboxylic acid groups (broad SMARTS) is 1. The van der Waals surface area contributed by atoms with E-state index in [2.05, 4.69) is 10.6 Å². The lowest BCUT2D eigenvalue weighted by Gasteiger charge is -2.14. The molecule has 1 aliphatic rings. The Hall–Kier alpha value is -1.88. The number of benzene rings is 1. The van der Waals surface area contributed by atoms with Crippen LogP contribution in [0.15, 0.2) is 24.3 Å². The number of aromatic carboxylic acids is 1. The summed E-state index contributed by atoms with van der Waals surface area (Å²) in [4.78, 5) is 22.7. The van der Waals surface area contributed by atoms with Gasteiger partial charge in [0.2, 0.25) is 5.91 Å². The smallest absolute Gasteiger partial charge is 0.335 e. The van der Waals surface area contributed by atoms with Gasteiger partial charge in [-0.3, -0.25) is 4.79 Å². The van der Waals surface area contributed by atoms with Gasteiger partial charge < -0.3 is 15.7 Å². The molecule has 5 heteroatoms. The van der Waals surface area contributed by atoms with E-state index in [0.29, 0.717) is 13.0 Å². The molecule has 0 saturated carbocycles. The van der Waals surface area contributed by atoms with Gasteiger partial charge in [-0.2, -0.15) is 0 Å². The standard InChI is InChI=1S/C15H20N2O3/c1-10-13(7-9-16-10)14(18)17-8-6-11-2-4-12(5-3-11)15(19)20/h2-5,10,13,16H,6-9H2,1H3,(H,17,18)(H,19,20). The summed E-state index contributed by atoms with van der Waals surface area (Å²) in [5.74, 6) is -0.762. The van der Waals surface area contributed by atoms with Crippen LogP contribution in [0.3, 0.4) is 0 Å². The predicted octanol–water partition coefficient (Wildman–Crippen LogP) is 1.04. The van der Waals surface area contributed by atoms with Crippen molar-refractivity contribution in [2.75, 3.05) is 13.1 Å². The second-order valence-corrected chi connectivity index (χ2v) is 5.18. The van der Waals surface area contributed by atoms with E-state index >= 15 is 0 Å². The van der Waals surface area contributed by atoms with Crippen LogP contribution in [0.4, 0.5) is 0 Å². The Morgan fingerprint density at radius 3 is 2.60 bits per heavy atom. The molecule has 1 fully saturated rings. The fraction of sp³-hybridized carbons (Fsp3) is 0.467.